The van der Waals surface area contributed by atoms with Crippen molar-refractivity contribution >= 4 is 81.5 Å². The zero-order chi connectivity index (χ0) is 36.0. The molecule has 1 aliphatic rings. The predicted molar refractivity (Wildman–Crippen MR) is 231 cm³/mol. The van der Waals surface area contributed by atoms with Gasteiger partial charge < -0.3 is 4.57 Å². The van der Waals surface area contributed by atoms with Gasteiger partial charge in [0.05, 0.1) is 33.3 Å². The van der Waals surface area contributed by atoms with Crippen molar-refractivity contribution in [1.29, 1.82) is 0 Å². The first-order chi connectivity index (χ1) is 27.3. The second-order valence-corrected chi connectivity index (χ2v) is 15.5. The van der Waals surface area contributed by atoms with Crippen LogP contribution in [0.2, 0.25) is 0 Å². The van der Waals surface area contributed by atoms with Crippen LogP contribution in [-0.4, -0.2) is 19.1 Å². The fraction of sp³-hybridized carbons (Fsp3) is 0.0400. The number of thiophene rings is 1. The molecule has 4 heterocycles. The Bertz CT molecular complexity index is 3380. The molecule has 0 spiro atoms. The average Bonchev–Trinajstić information content (AvgIpc) is 3.91. The standard InChI is InChI=1S/C50H32N4S/c1-2-14-32(15-3-1)53-43-25-10-6-19-39(43)47-33(20-13-26-44(47)53)31-28-29-35-34-16-5-9-24-42(34)54(45(35)30-31)50-51-41-23-8-4-18-38(41)48(52-50)40-22-12-21-37-36-17-7-11-27-46(36)55-49(37)40/h1-11,13-20,22-30H,12,21H2. The van der Waals surface area contributed by atoms with E-state index in [1.165, 1.54) is 64.2 Å². The maximum absolute atomic E-state index is 5.55. The Morgan fingerprint density at radius 2 is 1.20 bits per heavy atom. The highest BCUT2D eigenvalue weighted by Gasteiger charge is 2.25. The summed E-state index contributed by atoms with van der Waals surface area (Å²) >= 11 is 1.88. The number of rotatable bonds is 4. The number of hydrogen-bond donors (Lipinski definition) is 0. The zero-order valence-corrected chi connectivity index (χ0v) is 30.6. The quantitative estimate of drug-likeness (QED) is 0.181. The van der Waals surface area contributed by atoms with E-state index < -0.39 is 0 Å². The van der Waals surface area contributed by atoms with E-state index in [4.69, 9.17) is 9.97 Å². The number of benzene rings is 7. The molecule has 0 atom stereocenters. The Morgan fingerprint density at radius 1 is 0.509 bits per heavy atom. The van der Waals surface area contributed by atoms with Crippen LogP contribution >= 0.6 is 11.3 Å². The van der Waals surface area contributed by atoms with Crippen molar-refractivity contribution in [2.75, 3.05) is 0 Å². The first-order valence-electron chi connectivity index (χ1n) is 18.9. The Morgan fingerprint density at radius 3 is 2.07 bits per heavy atom. The number of aryl methyl sites for hydroxylation is 1. The van der Waals surface area contributed by atoms with Crippen molar-refractivity contribution < 1.29 is 0 Å². The topological polar surface area (TPSA) is 35.6 Å². The number of para-hydroxylation sites is 4. The van der Waals surface area contributed by atoms with E-state index in [-0.39, 0.29) is 0 Å². The Kier molecular flexibility index (Phi) is 6.59. The fourth-order valence-corrected chi connectivity index (χ4v) is 10.4. The van der Waals surface area contributed by atoms with E-state index in [2.05, 4.69) is 179 Å². The number of aromatic nitrogens is 4. The van der Waals surface area contributed by atoms with E-state index in [1.807, 2.05) is 11.3 Å². The summed E-state index contributed by atoms with van der Waals surface area (Å²) in [4.78, 5) is 12.2. The lowest BCUT2D eigenvalue weighted by Gasteiger charge is -2.17. The maximum Gasteiger partial charge on any atom is 0.235 e. The van der Waals surface area contributed by atoms with Gasteiger partial charge in [-0.3, -0.25) is 4.57 Å². The molecule has 4 nitrogen and oxygen atoms in total. The highest BCUT2D eigenvalue weighted by Crippen LogP contribution is 2.44. The third kappa shape index (κ3) is 4.51. The second-order valence-electron chi connectivity index (χ2n) is 14.4. The molecule has 0 fully saturated rings. The van der Waals surface area contributed by atoms with Gasteiger partial charge in [0.2, 0.25) is 5.95 Å². The van der Waals surface area contributed by atoms with Crippen LogP contribution in [0.1, 0.15) is 22.6 Å². The smallest absolute Gasteiger partial charge is 0.235 e. The molecule has 0 bridgehead atoms. The van der Waals surface area contributed by atoms with Gasteiger partial charge in [-0.2, -0.15) is 0 Å². The van der Waals surface area contributed by atoms with Crippen LogP contribution in [0.4, 0.5) is 0 Å². The van der Waals surface area contributed by atoms with Gasteiger partial charge in [0.15, 0.2) is 0 Å². The molecule has 1 aliphatic carbocycles. The molecule has 0 aliphatic heterocycles. The van der Waals surface area contributed by atoms with Gasteiger partial charge in [-0.05, 0) is 83.4 Å². The van der Waals surface area contributed by atoms with Crippen molar-refractivity contribution in [1.82, 2.24) is 19.1 Å². The number of hydrogen-bond acceptors (Lipinski definition) is 3. The third-order valence-electron chi connectivity index (χ3n) is 11.4. The fourth-order valence-electron chi connectivity index (χ4n) is 9.06. The molecule has 7 aromatic carbocycles. The van der Waals surface area contributed by atoms with Gasteiger partial charge >= 0.3 is 0 Å². The summed E-state index contributed by atoms with van der Waals surface area (Å²) in [5.41, 5.74) is 12.7. The molecule has 5 heteroatoms. The first kappa shape index (κ1) is 30.6. The summed E-state index contributed by atoms with van der Waals surface area (Å²) < 4.78 is 6.00. The van der Waals surface area contributed by atoms with Crippen LogP contribution in [0.3, 0.4) is 0 Å². The largest absolute Gasteiger partial charge is 0.309 e. The SMILES string of the molecule is C1=C(c2nc(-n3c4ccccc4c4ccc(-c5cccc6c5c5ccccc5n6-c5ccccc5)cc43)nc3ccccc23)c2sc3ccccc3c2CC1. The monoisotopic (exact) mass is 720 g/mol. The van der Waals surface area contributed by atoms with Gasteiger partial charge in [0.25, 0.3) is 0 Å². The van der Waals surface area contributed by atoms with E-state index >= 15 is 0 Å². The van der Waals surface area contributed by atoms with Crippen molar-refractivity contribution in [2.45, 2.75) is 12.8 Å². The number of fused-ring (bicyclic) bond motifs is 10. The second kappa shape index (κ2) is 11.8. The van der Waals surface area contributed by atoms with Gasteiger partial charge in [0.1, 0.15) is 0 Å². The molecular formula is C50H32N4S. The highest BCUT2D eigenvalue weighted by atomic mass is 32.1. The minimum absolute atomic E-state index is 0.685. The number of nitrogens with zero attached hydrogens (tertiary/aromatic N) is 4. The molecular weight excluding hydrogens is 689 g/mol. The van der Waals surface area contributed by atoms with Gasteiger partial charge in [-0.1, -0.05) is 121 Å². The van der Waals surface area contributed by atoms with E-state index in [9.17, 15) is 0 Å². The maximum atomic E-state index is 5.55. The number of allylic oxidation sites excluding steroid dienone is 1. The molecule has 0 saturated carbocycles. The Labute approximate surface area is 320 Å². The summed E-state index contributed by atoms with van der Waals surface area (Å²) in [6.45, 7) is 0. The summed E-state index contributed by atoms with van der Waals surface area (Å²) in [6, 6.07) is 59.0. The van der Waals surface area contributed by atoms with Crippen LogP contribution < -0.4 is 0 Å². The molecule has 12 rings (SSSR count). The van der Waals surface area contributed by atoms with E-state index in [1.54, 1.807) is 0 Å². The van der Waals surface area contributed by atoms with Crippen LogP contribution in [0, 0.1) is 0 Å². The molecule has 4 aromatic heterocycles. The molecule has 55 heavy (non-hydrogen) atoms. The first-order valence-corrected chi connectivity index (χ1v) is 19.7. The van der Waals surface area contributed by atoms with Crippen LogP contribution in [0.5, 0.6) is 0 Å². The normalized spacial score (nSPS) is 13.1. The lowest BCUT2D eigenvalue weighted by atomic mass is 9.93. The predicted octanol–water partition coefficient (Wildman–Crippen LogP) is 13.1. The van der Waals surface area contributed by atoms with Crippen LogP contribution in [-0.2, 0) is 6.42 Å². The summed E-state index contributed by atoms with van der Waals surface area (Å²) in [5.74, 6) is 0.685. The zero-order valence-electron chi connectivity index (χ0n) is 29.8. The Balaban J connectivity index is 1.12. The van der Waals surface area contributed by atoms with Crippen LogP contribution in [0.15, 0.2) is 170 Å². The lowest BCUT2D eigenvalue weighted by Crippen LogP contribution is -2.07. The molecule has 258 valence electrons. The van der Waals surface area contributed by atoms with Crippen molar-refractivity contribution in [2.24, 2.45) is 0 Å². The lowest BCUT2D eigenvalue weighted by molar-refractivity contribution is 0.981. The molecule has 0 unspecified atom stereocenters. The van der Waals surface area contributed by atoms with Crippen molar-refractivity contribution in [3.8, 4) is 22.8 Å². The van der Waals surface area contributed by atoms with E-state index in [0.29, 0.717) is 5.95 Å². The van der Waals surface area contributed by atoms with Crippen LogP contribution in [0.25, 0.3) is 92.9 Å². The van der Waals surface area contributed by atoms with Gasteiger partial charge in [-0.15, -0.1) is 11.3 Å². The molecule has 0 amide bonds. The molecule has 0 saturated heterocycles. The highest BCUT2D eigenvalue weighted by molar-refractivity contribution is 7.20. The molecule has 0 N–H and O–H groups in total. The van der Waals surface area contributed by atoms with Crippen molar-refractivity contribution in [3.05, 3.63) is 186 Å². The van der Waals surface area contributed by atoms with Gasteiger partial charge in [0, 0.05) is 47.8 Å². The minimum atomic E-state index is 0.685. The van der Waals surface area contributed by atoms with E-state index in [0.717, 1.165) is 51.7 Å². The summed E-state index contributed by atoms with van der Waals surface area (Å²) in [7, 11) is 0. The molecule has 0 radical (unpaired) electrons. The summed E-state index contributed by atoms with van der Waals surface area (Å²) in [5, 5.41) is 7.29. The third-order valence-corrected chi connectivity index (χ3v) is 12.7. The van der Waals surface area contributed by atoms with Crippen molar-refractivity contribution in [3.63, 3.8) is 0 Å². The molecule has 11 aromatic rings. The summed E-state index contributed by atoms with van der Waals surface area (Å²) in [6.07, 6.45) is 4.43. The minimum Gasteiger partial charge on any atom is -0.309 e. The Hall–Kier alpha value is -6.82. The average molecular weight is 721 g/mol. The van der Waals surface area contributed by atoms with Gasteiger partial charge in [-0.25, -0.2) is 9.97 Å².